The van der Waals surface area contributed by atoms with Gasteiger partial charge in [0.15, 0.2) is 0 Å². The molecule has 7 heteroatoms. The molecule has 1 spiro atoms. The summed E-state index contributed by atoms with van der Waals surface area (Å²) in [7, 11) is -3.16. The largest absolute Gasteiger partial charge is 0.339 e. The molecule has 3 rings (SSSR count). The van der Waals surface area contributed by atoms with Gasteiger partial charge in [-0.15, -0.1) is 0 Å². The van der Waals surface area contributed by atoms with Crippen LogP contribution < -0.4 is 4.72 Å². The summed E-state index contributed by atoms with van der Waals surface area (Å²) >= 11 is 0. The second-order valence-electron chi connectivity index (χ2n) is 6.77. The predicted octanol–water partition coefficient (Wildman–Crippen LogP) is 1.76. The van der Waals surface area contributed by atoms with Crippen molar-refractivity contribution in [2.75, 3.05) is 19.3 Å². The number of nitrogens with zero attached hydrogens (tertiary/aromatic N) is 1. The number of nitrogens with one attached hydrogen (secondary N) is 1. The first-order valence-electron chi connectivity index (χ1n) is 7.79. The van der Waals surface area contributed by atoms with Crippen LogP contribution in [0.15, 0.2) is 24.3 Å². The number of rotatable bonds is 3. The number of carbonyl (C=O) groups is 1. The zero-order chi connectivity index (χ0) is 16.7. The van der Waals surface area contributed by atoms with Gasteiger partial charge < -0.3 is 4.90 Å². The third-order valence-corrected chi connectivity index (χ3v) is 5.72. The van der Waals surface area contributed by atoms with E-state index in [0.717, 1.165) is 25.7 Å². The maximum absolute atomic E-state index is 13.7. The van der Waals surface area contributed by atoms with E-state index >= 15 is 0 Å². The van der Waals surface area contributed by atoms with Gasteiger partial charge in [0.05, 0.1) is 11.8 Å². The summed E-state index contributed by atoms with van der Waals surface area (Å²) in [6, 6.07) is 6.05. The molecule has 1 saturated carbocycles. The van der Waals surface area contributed by atoms with Crippen LogP contribution in [0.25, 0.3) is 0 Å². The summed E-state index contributed by atoms with van der Waals surface area (Å²) in [5, 5.41) is 0. The van der Waals surface area contributed by atoms with Gasteiger partial charge >= 0.3 is 0 Å². The third-order valence-electron chi connectivity index (χ3n) is 4.96. The van der Waals surface area contributed by atoms with E-state index in [4.69, 9.17) is 0 Å². The van der Waals surface area contributed by atoms with Crippen molar-refractivity contribution in [3.63, 3.8) is 0 Å². The lowest BCUT2D eigenvalue weighted by Gasteiger charge is -2.52. The standard InChI is InChI=1S/C16H21FN2O3S/c1-23(21,22)18-12-10-16(11-12)6-8-19(9-7-16)15(20)13-4-2-3-5-14(13)17/h2-5,12,18H,6-11H2,1H3. The Morgan fingerprint density at radius 3 is 2.43 bits per heavy atom. The van der Waals surface area contributed by atoms with E-state index < -0.39 is 15.8 Å². The van der Waals surface area contributed by atoms with Crippen LogP contribution in [0.1, 0.15) is 36.0 Å². The molecule has 126 valence electrons. The summed E-state index contributed by atoms with van der Waals surface area (Å²) in [4.78, 5) is 14.1. The maximum atomic E-state index is 13.7. The van der Waals surface area contributed by atoms with Crippen LogP contribution in [-0.4, -0.2) is 44.6 Å². The van der Waals surface area contributed by atoms with Gasteiger partial charge in [-0.2, -0.15) is 0 Å². The second kappa shape index (κ2) is 5.87. The Labute approximate surface area is 135 Å². The molecule has 5 nitrogen and oxygen atoms in total. The van der Waals surface area contributed by atoms with Gasteiger partial charge in [0.1, 0.15) is 5.82 Å². The Morgan fingerprint density at radius 2 is 1.87 bits per heavy atom. The number of carbonyl (C=O) groups excluding carboxylic acids is 1. The molecule has 23 heavy (non-hydrogen) atoms. The number of sulfonamides is 1. The summed E-state index contributed by atoms with van der Waals surface area (Å²) < 4.78 is 38.8. The van der Waals surface area contributed by atoms with Crippen molar-refractivity contribution in [2.24, 2.45) is 5.41 Å². The number of hydrogen-bond acceptors (Lipinski definition) is 3. The summed E-state index contributed by atoms with van der Waals surface area (Å²) in [6.45, 7) is 1.19. The molecule has 0 atom stereocenters. The lowest BCUT2D eigenvalue weighted by atomic mass is 9.60. The molecular weight excluding hydrogens is 319 g/mol. The molecule has 2 aliphatic rings. The van der Waals surface area contributed by atoms with Gasteiger partial charge in [-0.05, 0) is 43.2 Å². The van der Waals surface area contributed by atoms with Crippen molar-refractivity contribution in [3.8, 4) is 0 Å². The van der Waals surface area contributed by atoms with Gasteiger partial charge in [-0.1, -0.05) is 12.1 Å². The molecule has 2 fully saturated rings. The number of likely N-dealkylation sites (tertiary alicyclic amines) is 1. The minimum absolute atomic E-state index is 0.0128. The van der Waals surface area contributed by atoms with Crippen molar-refractivity contribution in [2.45, 2.75) is 31.7 Å². The van der Waals surface area contributed by atoms with Crippen molar-refractivity contribution in [1.29, 1.82) is 0 Å². The molecule has 0 aromatic heterocycles. The van der Waals surface area contributed by atoms with Gasteiger partial charge in [0, 0.05) is 19.1 Å². The van der Waals surface area contributed by atoms with E-state index in [1.54, 1.807) is 17.0 Å². The van der Waals surface area contributed by atoms with Crippen molar-refractivity contribution >= 4 is 15.9 Å². The maximum Gasteiger partial charge on any atom is 0.256 e. The smallest absolute Gasteiger partial charge is 0.256 e. The highest BCUT2D eigenvalue weighted by Gasteiger charge is 2.47. The number of hydrogen-bond donors (Lipinski definition) is 1. The Morgan fingerprint density at radius 1 is 1.26 bits per heavy atom. The number of halogens is 1. The van der Waals surface area contributed by atoms with E-state index in [2.05, 4.69) is 4.72 Å². The fraction of sp³-hybridized carbons (Fsp3) is 0.562. The zero-order valence-corrected chi connectivity index (χ0v) is 13.9. The highest BCUT2D eigenvalue weighted by molar-refractivity contribution is 7.88. The molecule has 1 aromatic rings. The fourth-order valence-corrected chi connectivity index (χ4v) is 4.54. The van der Waals surface area contributed by atoms with Crippen LogP contribution in [0, 0.1) is 11.2 Å². The second-order valence-corrected chi connectivity index (χ2v) is 8.55. The van der Waals surface area contributed by atoms with Crippen LogP contribution in [0.4, 0.5) is 4.39 Å². The molecule has 1 aliphatic carbocycles. The van der Waals surface area contributed by atoms with Crippen molar-refractivity contribution < 1.29 is 17.6 Å². The van der Waals surface area contributed by atoms with Crippen LogP contribution >= 0.6 is 0 Å². The quantitative estimate of drug-likeness (QED) is 0.912. The molecule has 1 heterocycles. The van der Waals surface area contributed by atoms with E-state index in [1.807, 2.05) is 0 Å². The number of benzene rings is 1. The minimum Gasteiger partial charge on any atom is -0.339 e. The van der Waals surface area contributed by atoms with E-state index in [-0.39, 0.29) is 22.9 Å². The highest BCUT2D eigenvalue weighted by Crippen LogP contribution is 2.49. The molecule has 0 bridgehead atoms. The molecule has 1 amide bonds. The normalized spacial score (nSPS) is 21.2. The number of piperidine rings is 1. The summed E-state index contributed by atoms with van der Waals surface area (Å²) in [5.74, 6) is -0.748. The van der Waals surface area contributed by atoms with Crippen LogP contribution in [0.5, 0.6) is 0 Å². The lowest BCUT2D eigenvalue weighted by Crippen LogP contribution is -2.55. The average Bonchev–Trinajstić information content (AvgIpc) is 2.45. The SMILES string of the molecule is CS(=O)(=O)NC1CC2(CCN(C(=O)c3ccccc3F)CC2)C1. The molecule has 0 unspecified atom stereocenters. The molecule has 1 saturated heterocycles. The Kier molecular flexibility index (Phi) is 4.18. The zero-order valence-electron chi connectivity index (χ0n) is 13.1. The highest BCUT2D eigenvalue weighted by atomic mass is 32.2. The third kappa shape index (κ3) is 3.55. The monoisotopic (exact) mass is 340 g/mol. The fourth-order valence-electron chi connectivity index (χ4n) is 3.77. The van der Waals surface area contributed by atoms with Crippen LogP contribution in [-0.2, 0) is 10.0 Å². The summed E-state index contributed by atoms with van der Waals surface area (Å²) in [5.41, 5.74) is 0.252. The first-order valence-corrected chi connectivity index (χ1v) is 9.68. The van der Waals surface area contributed by atoms with E-state index in [1.165, 1.54) is 18.4 Å². The van der Waals surface area contributed by atoms with Gasteiger partial charge in [0.25, 0.3) is 5.91 Å². The molecule has 0 radical (unpaired) electrons. The lowest BCUT2D eigenvalue weighted by molar-refractivity contribution is 0.0136. The van der Waals surface area contributed by atoms with Gasteiger partial charge in [-0.3, -0.25) is 4.79 Å². The first kappa shape index (κ1) is 16.4. The van der Waals surface area contributed by atoms with Crippen LogP contribution in [0.2, 0.25) is 0 Å². The average molecular weight is 340 g/mol. The summed E-state index contributed by atoms with van der Waals surface area (Å²) in [6.07, 6.45) is 4.50. The molecule has 1 N–H and O–H groups in total. The molecular formula is C16H21FN2O3S. The van der Waals surface area contributed by atoms with Crippen LogP contribution in [0.3, 0.4) is 0 Å². The topological polar surface area (TPSA) is 66.5 Å². The Hall–Kier alpha value is -1.47. The predicted molar refractivity (Wildman–Crippen MR) is 85.0 cm³/mol. The Bertz CT molecular complexity index is 704. The Balaban J connectivity index is 1.56. The van der Waals surface area contributed by atoms with Crippen molar-refractivity contribution in [1.82, 2.24) is 9.62 Å². The first-order chi connectivity index (χ1) is 10.8. The van der Waals surface area contributed by atoms with E-state index in [9.17, 15) is 17.6 Å². The molecule has 1 aliphatic heterocycles. The number of amides is 1. The van der Waals surface area contributed by atoms with Crippen molar-refractivity contribution in [3.05, 3.63) is 35.6 Å². The van der Waals surface area contributed by atoms with E-state index in [0.29, 0.717) is 13.1 Å². The van der Waals surface area contributed by atoms with Gasteiger partial charge in [-0.25, -0.2) is 17.5 Å². The van der Waals surface area contributed by atoms with Gasteiger partial charge in [0.2, 0.25) is 10.0 Å². The molecule has 1 aromatic carbocycles. The minimum atomic E-state index is -3.16.